The van der Waals surface area contributed by atoms with Crippen LogP contribution in [0.5, 0.6) is 0 Å². The summed E-state index contributed by atoms with van der Waals surface area (Å²) < 4.78 is 0. The largest absolute Gasteiger partial charge is 0.361 e. The van der Waals surface area contributed by atoms with E-state index in [2.05, 4.69) is 37.2 Å². The molecular weight excluding hydrogens is 256 g/mol. The number of aliphatic imine (C=N–C) groups is 1. The second-order valence-electron chi connectivity index (χ2n) is 5.05. The van der Waals surface area contributed by atoms with Crippen LogP contribution in [0, 0.1) is 0 Å². The van der Waals surface area contributed by atoms with Crippen molar-refractivity contribution >= 4 is 22.2 Å². The van der Waals surface area contributed by atoms with Gasteiger partial charge in [0.25, 0.3) is 0 Å². The molecule has 0 saturated heterocycles. The topological polar surface area (TPSA) is 28.1 Å². The summed E-state index contributed by atoms with van der Waals surface area (Å²) in [6.07, 6.45) is 4.89. The van der Waals surface area contributed by atoms with Crippen LogP contribution in [0.4, 0.5) is 0 Å². The molecule has 2 heteroatoms. The molecule has 1 heterocycles. The van der Waals surface area contributed by atoms with Gasteiger partial charge in [-0.1, -0.05) is 44.4 Å². The molecule has 0 radical (unpaired) electrons. The Morgan fingerprint density at radius 3 is 2.67 bits per heavy atom. The highest BCUT2D eigenvalue weighted by Crippen LogP contribution is 2.25. The van der Waals surface area contributed by atoms with Crippen LogP contribution in [-0.4, -0.2) is 10.7 Å². The Kier molecular flexibility index (Phi) is 4.59. The number of H-pyrrole nitrogens is 1. The van der Waals surface area contributed by atoms with Crippen LogP contribution >= 0.6 is 0 Å². The lowest BCUT2D eigenvalue weighted by atomic mass is 10.0. The zero-order valence-corrected chi connectivity index (χ0v) is 13.0. The van der Waals surface area contributed by atoms with Gasteiger partial charge in [0.15, 0.2) is 0 Å². The average molecular weight is 278 g/mol. The quantitative estimate of drug-likeness (QED) is 0.551. The van der Waals surface area contributed by atoms with E-state index < -0.39 is 0 Å². The Hall–Kier alpha value is -2.35. The molecule has 0 spiro atoms. The molecule has 0 saturated carbocycles. The van der Waals surface area contributed by atoms with Crippen molar-refractivity contribution in [3.05, 3.63) is 66.5 Å². The van der Waals surface area contributed by atoms with E-state index in [4.69, 9.17) is 4.99 Å². The second-order valence-corrected chi connectivity index (χ2v) is 5.05. The van der Waals surface area contributed by atoms with Crippen molar-refractivity contribution in [1.29, 1.82) is 0 Å². The van der Waals surface area contributed by atoms with Crippen LogP contribution in [0.15, 0.2) is 66.0 Å². The zero-order valence-electron chi connectivity index (χ0n) is 13.0. The van der Waals surface area contributed by atoms with Gasteiger partial charge in [0.05, 0.1) is 5.70 Å². The molecular formula is C19H22N2. The lowest BCUT2D eigenvalue weighted by molar-refractivity contribution is 1.09. The van der Waals surface area contributed by atoms with Crippen LogP contribution in [0.2, 0.25) is 0 Å². The van der Waals surface area contributed by atoms with Gasteiger partial charge in [-0.15, -0.1) is 0 Å². The molecule has 0 bridgehead atoms. The number of rotatable bonds is 5. The highest BCUT2D eigenvalue weighted by atomic mass is 14.8. The maximum atomic E-state index is 4.69. The minimum absolute atomic E-state index is 0.899. The predicted octanol–water partition coefficient (Wildman–Crippen LogP) is 5.51. The van der Waals surface area contributed by atoms with E-state index in [9.17, 15) is 0 Å². The van der Waals surface area contributed by atoms with Crippen molar-refractivity contribution < 1.29 is 0 Å². The number of nitrogens with zero attached hydrogens (tertiary/aromatic N) is 1. The van der Waals surface area contributed by atoms with Crippen molar-refractivity contribution in [1.82, 2.24) is 4.98 Å². The summed E-state index contributed by atoms with van der Waals surface area (Å²) in [6, 6.07) is 8.22. The normalized spacial score (nSPS) is 12.7. The summed E-state index contributed by atoms with van der Waals surface area (Å²) >= 11 is 0. The highest BCUT2D eigenvalue weighted by molar-refractivity contribution is 6.25. The van der Waals surface area contributed by atoms with Gasteiger partial charge in [0, 0.05) is 28.4 Å². The summed E-state index contributed by atoms with van der Waals surface area (Å²) in [5, 5.41) is 1.17. The molecule has 21 heavy (non-hydrogen) atoms. The molecule has 0 aliphatic carbocycles. The van der Waals surface area contributed by atoms with Crippen LogP contribution in [-0.2, 0) is 0 Å². The second kappa shape index (κ2) is 6.40. The molecule has 0 aliphatic heterocycles. The molecule has 1 aromatic carbocycles. The van der Waals surface area contributed by atoms with Crippen molar-refractivity contribution in [3.63, 3.8) is 0 Å². The Morgan fingerprint density at radius 1 is 1.29 bits per heavy atom. The average Bonchev–Trinajstić information content (AvgIpc) is 2.94. The summed E-state index contributed by atoms with van der Waals surface area (Å²) in [6.45, 7) is 14.3. The van der Waals surface area contributed by atoms with E-state index in [1.54, 1.807) is 0 Å². The first-order valence-corrected chi connectivity index (χ1v) is 7.24. The molecule has 0 amide bonds. The fourth-order valence-corrected chi connectivity index (χ4v) is 2.29. The molecule has 1 N–H and O–H groups in total. The number of aromatic nitrogens is 1. The molecule has 0 aliphatic rings. The number of allylic oxidation sites excluding steroid dienone is 3. The van der Waals surface area contributed by atoms with Gasteiger partial charge in [0.1, 0.15) is 0 Å². The number of aromatic amines is 1. The molecule has 108 valence electrons. The van der Waals surface area contributed by atoms with E-state index >= 15 is 0 Å². The van der Waals surface area contributed by atoms with Crippen molar-refractivity contribution in [2.24, 2.45) is 4.99 Å². The Bertz CT molecular complexity index is 742. The van der Waals surface area contributed by atoms with Crippen molar-refractivity contribution in [2.75, 3.05) is 0 Å². The van der Waals surface area contributed by atoms with Gasteiger partial charge < -0.3 is 4.98 Å². The standard InChI is InChI=1S/C19H22N2/c1-6-13(3)18(7-2)21-15(5)14(4)17-12-20-19-11-9-8-10-16(17)19/h7-12,20H,3-4,6H2,1-2,5H3/b18-7-,21-15?. The molecule has 2 aromatic rings. The van der Waals surface area contributed by atoms with E-state index in [0.717, 1.165) is 40.1 Å². The number of fused-ring (bicyclic) bond motifs is 1. The van der Waals surface area contributed by atoms with E-state index in [-0.39, 0.29) is 0 Å². The molecule has 0 atom stereocenters. The number of para-hydroxylation sites is 1. The fraction of sp³-hybridized carbons (Fsp3) is 0.211. The first-order valence-electron chi connectivity index (χ1n) is 7.24. The summed E-state index contributed by atoms with van der Waals surface area (Å²) in [5.41, 5.74) is 6.06. The molecule has 2 rings (SSSR count). The van der Waals surface area contributed by atoms with Gasteiger partial charge in [-0.05, 0) is 37.5 Å². The summed E-state index contributed by atoms with van der Waals surface area (Å²) in [5.74, 6) is 0. The zero-order chi connectivity index (χ0) is 15.4. The van der Waals surface area contributed by atoms with Crippen molar-refractivity contribution in [3.8, 4) is 0 Å². The van der Waals surface area contributed by atoms with E-state index in [1.807, 2.05) is 38.3 Å². The van der Waals surface area contributed by atoms with Crippen LogP contribution < -0.4 is 0 Å². The maximum Gasteiger partial charge on any atom is 0.0616 e. The monoisotopic (exact) mass is 278 g/mol. The molecule has 2 nitrogen and oxygen atoms in total. The number of hydrogen-bond acceptors (Lipinski definition) is 1. The SMILES string of the molecule is C=C(CC)/C(=C/C)N=C(C)C(=C)c1c[nH]c2ccccc12. The van der Waals surface area contributed by atoms with Crippen LogP contribution in [0.1, 0.15) is 32.8 Å². The van der Waals surface area contributed by atoms with Gasteiger partial charge in [0.2, 0.25) is 0 Å². The number of benzene rings is 1. The van der Waals surface area contributed by atoms with Crippen molar-refractivity contribution in [2.45, 2.75) is 27.2 Å². The lowest BCUT2D eigenvalue weighted by Gasteiger charge is -2.08. The molecule has 0 unspecified atom stereocenters. The Labute approximate surface area is 126 Å². The van der Waals surface area contributed by atoms with Gasteiger partial charge >= 0.3 is 0 Å². The number of hydrogen-bond donors (Lipinski definition) is 1. The third kappa shape index (κ3) is 3.05. The summed E-state index contributed by atoms with van der Waals surface area (Å²) in [7, 11) is 0. The third-order valence-corrected chi connectivity index (χ3v) is 3.70. The van der Waals surface area contributed by atoms with Crippen LogP contribution in [0.25, 0.3) is 16.5 Å². The first kappa shape index (κ1) is 15.0. The lowest BCUT2D eigenvalue weighted by Crippen LogP contribution is -1.97. The third-order valence-electron chi connectivity index (χ3n) is 3.70. The minimum atomic E-state index is 0.899. The highest BCUT2D eigenvalue weighted by Gasteiger charge is 2.09. The van der Waals surface area contributed by atoms with Crippen LogP contribution in [0.3, 0.4) is 0 Å². The fourth-order valence-electron chi connectivity index (χ4n) is 2.29. The van der Waals surface area contributed by atoms with E-state index in [1.165, 1.54) is 5.39 Å². The summed E-state index contributed by atoms with van der Waals surface area (Å²) in [4.78, 5) is 7.97. The maximum absolute atomic E-state index is 4.69. The van der Waals surface area contributed by atoms with Gasteiger partial charge in [-0.2, -0.15) is 0 Å². The molecule has 1 aromatic heterocycles. The smallest absolute Gasteiger partial charge is 0.0616 e. The molecule has 0 fully saturated rings. The minimum Gasteiger partial charge on any atom is -0.361 e. The predicted molar refractivity (Wildman–Crippen MR) is 93.6 cm³/mol. The van der Waals surface area contributed by atoms with E-state index in [0.29, 0.717) is 0 Å². The Morgan fingerprint density at radius 2 is 2.00 bits per heavy atom. The van der Waals surface area contributed by atoms with Gasteiger partial charge in [-0.25, -0.2) is 0 Å². The number of nitrogens with one attached hydrogen (secondary N) is 1. The first-order chi connectivity index (χ1) is 10.1. The van der Waals surface area contributed by atoms with Gasteiger partial charge in [-0.3, -0.25) is 4.99 Å². The Balaban J connectivity index is 2.37.